The molecule has 7 nitrogen and oxygen atoms in total. The molecule has 0 bridgehead atoms. The Balaban J connectivity index is 1.37. The van der Waals surface area contributed by atoms with Gasteiger partial charge in [0.1, 0.15) is 5.82 Å². The molecule has 3 aromatic rings. The van der Waals surface area contributed by atoms with Gasteiger partial charge in [0.15, 0.2) is 0 Å². The molecule has 7 heteroatoms. The molecule has 0 aliphatic carbocycles. The summed E-state index contributed by atoms with van der Waals surface area (Å²) in [5, 5.41) is 3.37. The number of ether oxygens (including phenoxy) is 1. The van der Waals surface area contributed by atoms with Crippen LogP contribution in [0.1, 0.15) is 42.1 Å². The van der Waals surface area contributed by atoms with Crippen LogP contribution in [0.15, 0.2) is 97.3 Å². The number of anilines is 2. The number of hydrogen-bond acceptors (Lipinski definition) is 6. The Kier molecular flexibility index (Phi) is 10.5. The molecule has 0 unspecified atom stereocenters. The second-order valence-corrected chi connectivity index (χ2v) is 9.76. The number of allylic oxidation sites excluding steroid dienone is 4. The predicted octanol–water partition coefficient (Wildman–Crippen LogP) is 6.62. The summed E-state index contributed by atoms with van der Waals surface area (Å²) in [6, 6.07) is 14.0. The molecule has 1 saturated heterocycles. The van der Waals surface area contributed by atoms with Gasteiger partial charge in [0.2, 0.25) is 0 Å². The summed E-state index contributed by atoms with van der Waals surface area (Å²) >= 11 is 0. The van der Waals surface area contributed by atoms with Crippen LogP contribution in [-0.4, -0.2) is 54.1 Å². The van der Waals surface area contributed by atoms with Crippen molar-refractivity contribution in [3.05, 3.63) is 108 Å². The number of amides is 1. The second-order valence-electron chi connectivity index (χ2n) is 9.76. The molecule has 1 aromatic carbocycles. The molecule has 1 fully saturated rings. The van der Waals surface area contributed by atoms with E-state index in [9.17, 15) is 4.79 Å². The maximum absolute atomic E-state index is 13.3. The number of rotatable bonds is 11. The fourth-order valence-electron chi connectivity index (χ4n) is 4.64. The van der Waals surface area contributed by atoms with Crippen LogP contribution in [0.3, 0.4) is 0 Å². The zero-order chi connectivity index (χ0) is 28.2. The Morgan fingerprint density at radius 1 is 1.02 bits per heavy atom. The van der Waals surface area contributed by atoms with Gasteiger partial charge in [0.05, 0.1) is 13.4 Å². The molecule has 0 saturated carbocycles. The van der Waals surface area contributed by atoms with E-state index in [0.717, 1.165) is 60.5 Å². The molecular formula is C33H39N5O2. The van der Waals surface area contributed by atoms with Gasteiger partial charge in [-0.05, 0) is 79.3 Å². The number of unbranched alkanes of at least 4 members (excludes halogenated alkanes) is 1. The largest absolute Gasteiger partial charge is 0.505 e. The first-order valence-corrected chi connectivity index (χ1v) is 13.9. The van der Waals surface area contributed by atoms with Crippen LogP contribution < -0.4 is 10.2 Å². The summed E-state index contributed by atoms with van der Waals surface area (Å²) in [6.07, 6.45) is 18.4. The molecule has 1 aliphatic heterocycles. The van der Waals surface area contributed by atoms with Crippen LogP contribution in [0.2, 0.25) is 0 Å². The Labute approximate surface area is 237 Å². The summed E-state index contributed by atoms with van der Waals surface area (Å²) in [6.45, 7) is 7.19. The zero-order valence-corrected chi connectivity index (χ0v) is 23.7. The molecule has 4 rings (SSSR count). The quantitative estimate of drug-likeness (QED) is 0.168. The molecule has 0 atom stereocenters. The van der Waals surface area contributed by atoms with Crippen LogP contribution in [0, 0.1) is 6.92 Å². The number of methoxy groups -OCH3 is 1. The predicted molar refractivity (Wildman–Crippen MR) is 163 cm³/mol. The fourth-order valence-corrected chi connectivity index (χ4v) is 4.64. The first-order valence-electron chi connectivity index (χ1n) is 13.9. The molecule has 0 radical (unpaired) electrons. The molecule has 1 N–H and O–H groups in total. The van der Waals surface area contributed by atoms with Crippen molar-refractivity contribution in [2.24, 2.45) is 0 Å². The van der Waals surface area contributed by atoms with E-state index in [2.05, 4.69) is 45.3 Å². The van der Waals surface area contributed by atoms with Gasteiger partial charge in [-0.2, -0.15) is 0 Å². The van der Waals surface area contributed by atoms with E-state index in [1.165, 1.54) is 5.57 Å². The maximum atomic E-state index is 13.3. The highest BCUT2D eigenvalue weighted by molar-refractivity contribution is 5.95. The van der Waals surface area contributed by atoms with Crippen molar-refractivity contribution in [3.8, 4) is 11.1 Å². The van der Waals surface area contributed by atoms with E-state index in [1.807, 2.05) is 66.7 Å². The third-order valence-electron chi connectivity index (χ3n) is 6.98. The number of benzene rings is 1. The van der Waals surface area contributed by atoms with Crippen molar-refractivity contribution < 1.29 is 9.53 Å². The van der Waals surface area contributed by atoms with Gasteiger partial charge < -0.3 is 19.9 Å². The molecule has 40 heavy (non-hydrogen) atoms. The highest BCUT2D eigenvalue weighted by Crippen LogP contribution is 2.25. The molecule has 1 amide bonds. The van der Waals surface area contributed by atoms with Crippen LogP contribution in [0.4, 0.5) is 11.5 Å². The van der Waals surface area contributed by atoms with Crippen LogP contribution in [0.25, 0.3) is 11.1 Å². The number of aromatic nitrogens is 2. The van der Waals surface area contributed by atoms with Crippen molar-refractivity contribution in [3.63, 3.8) is 0 Å². The number of carbonyl (C=O) groups is 1. The summed E-state index contributed by atoms with van der Waals surface area (Å²) in [4.78, 5) is 26.3. The molecular weight excluding hydrogens is 498 g/mol. The SMILES string of the molecule is CCC(/C=C/CC/C=C/OC)=C\Nc1ncc(-c2cccc(C(=O)N3CCN(c4ccncc4)CC3)c2)cc1C. The van der Waals surface area contributed by atoms with Gasteiger partial charge >= 0.3 is 0 Å². The lowest BCUT2D eigenvalue weighted by molar-refractivity contribution is 0.0747. The minimum atomic E-state index is 0.0687. The van der Waals surface area contributed by atoms with E-state index in [-0.39, 0.29) is 5.91 Å². The number of aryl methyl sites for hydroxylation is 1. The highest BCUT2D eigenvalue weighted by Gasteiger charge is 2.22. The molecule has 2 aromatic heterocycles. The zero-order valence-electron chi connectivity index (χ0n) is 23.7. The molecule has 0 spiro atoms. The van der Waals surface area contributed by atoms with Crippen molar-refractivity contribution in [1.82, 2.24) is 14.9 Å². The normalized spacial score (nSPS) is 14.2. The van der Waals surface area contributed by atoms with Crippen LogP contribution in [-0.2, 0) is 4.74 Å². The lowest BCUT2D eigenvalue weighted by atomic mass is 10.0. The Bertz CT molecular complexity index is 1340. The average molecular weight is 538 g/mol. The Hall–Kier alpha value is -4.39. The topological polar surface area (TPSA) is 70.6 Å². The van der Waals surface area contributed by atoms with Gasteiger partial charge in [-0.25, -0.2) is 4.98 Å². The maximum Gasteiger partial charge on any atom is 0.253 e. The highest BCUT2D eigenvalue weighted by atomic mass is 16.5. The Morgan fingerprint density at radius 3 is 2.52 bits per heavy atom. The van der Waals surface area contributed by atoms with Gasteiger partial charge in [0.25, 0.3) is 5.91 Å². The van der Waals surface area contributed by atoms with E-state index in [0.29, 0.717) is 18.7 Å². The monoisotopic (exact) mass is 537 g/mol. The second kappa shape index (κ2) is 14.7. The van der Waals surface area contributed by atoms with Gasteiger partial charge in [0, 0.05) is 67.8 Å². The van der Waals surface area contributed by atoms with E-state index < -0.39 is 0 Å². The number of nitrogens with zero attached hydrogens (tertiary/aromatic N) is 4. The van der Waals surface area contributed by atoms with Crippen molar-refractivity contribution in [2.45, 2.75) is 33.1 Å². The van der Waals surface area contributed by atoms with E-state index >= 15 is 0 Å². The van der Waals surface area contributed by atoms with Gasteiger partial charge in [-0.3, -0.25) is 9.78 Å². The summed E-state index contributed by atoms with van der Waals surface area (Å²) in [5.74, 6) is 0.893. The molecule has 1 aliphatic rings. The van der Waals surface area contributed by atoms with Crippen molar-refractivity contribution in [2.75, 3.05) is 43.5 Å². The van der Waals surface area contributed by atoms with Crippen molar-refractivity contribution in [1.29, 1.82) is 0 Å². The van der Waals surface area contributed by atoms with Gasteiger partial charge in [-0.1, -0.05) is 31.2 Å². The lowest BCUT2D eigenvalue weighted by Gasteiger charge is -2.36. The third-order valence-corrected chi connectivity index (χ3v) is 6.98. The van der Waals surface area contributed by atoms with Crippen LogP contribution in [0.5, 0.6) is 0 Å². The smallest absolute Gasteiger partial charge is 0.253 e. The number of piperazine rings is 1. The number of nitrogens with one attached hydrogen (secondary N) is 1. The number of pyridine rings is 2. The lowest BCUT2D eigenvalue weighted by Crippen LogP contribution is -2.48. The number of hydrogen-bond donors (Lipinski definition) is 1. The number of carbonyl (C=O) groups excluding carboxylic acids is 1. The standard InChI is InChI=1S/C33H39N5O2/c1-4-27(10-7-5-6-8-21-40-3)24-35-32-26(2)22-30(25-36-32)28-11-9-12-29(23-28)33(39)38-19-17-37(18-20-38)31-13-15-34-16-14-31/h7-16,21-25H,4-6,17-20H2,1-3H3,(H,35,36)/b10-7+,21-8+,27-24+. The minimum absolute atomic E-state index is 0.0687. The molecule has 208 valence electrons. The Morgan fingerprint density at radius 2 is 1.80 bits per heavy atom. The third kappa shape index (κ3) is 7.82. The van der Waals surface area contributed by atoms with E-state index in [1.54, 1.807) is 25.8 Å². The summed E-state index contributed by atoms with van der Waals surface area (Å²) in [7, 11) is 1.66. The first-order chi connectivity index (χ1) is 19.6. The van der Waals surface area contributed by atoms with Crippen molar-refractivity contribution >= 4 is 17.4 Å². The first kappa shape index (κ1) is 28.6. The molecule has 3 heterocycles. The summed E-state index contributed by atoms with van der Waals surface area (Å²) in [5.41, 5.74) is 6.07. The van der Waals surface area contributed by atoms with Gasteiger partial charge in [-0.15, -0.1) is 0 Å². The summed E-state index contributed by atoms with van der Waals surface area (Å²) < 4.78 is 4.93. The fraction of sp³-hybridized carbons (Fsp3) is 0.303. The minimum Gasteiger partial charge on any atom is -0.505 e. The van der Waals surface area contributed by atoms with E-state index in [4.69, 9.17) is 4.74 Å². The van der Waals surface area contributed by atoms with Crippen LogP contribution >= 0.6 is 0 Å². The average Bonchev–Trinajstić information content (AvgIpc) is 3.01.